The zero-order valence-corrected chi connectivity index (χ0v) is 20.3. The molecule has 0 aliphatic carbocycles. The molecule has 1 fully saturated rings. The van der Waals surface area contributed by atoms with Crippen LogP contribution in [0.25, 0.3) is 0 Å². The van der Waals surface area contributed by atoms with Gasteiger partial charge in [-0.15, -0.1) is 0 Å². The van der Waals surface area contributed by atoms with E-state index < -0.39 is 44.0 Å². The first-order valence-corrected chi connectivity index (χ1v) is 12.1. The van der Waals surface area contributed by atoms with E-state index in [2.05, 4.69) is 17.0 Å². The molecule has 32 heavy (non-hydrogen) atoms. The van der Waals surface area contributed by atoms with Crippen LogP contribution in [0.1, 0.15) is 34.6 Å². The number of carbonyl (C=O) groups excluding carboxylic acids is 1. The van der Waals surface area contributed by atoms with Crippen molar-refractivity contribution in [1.82, 2.24) is 15.3 Å². The van der Waals surface area contributed by atoms with Crippen molar-refractivity contribution in [3.8, 4) is 0 Å². The second kappa shape index (κ2) is 10.1. The number of hydrogen-bond acceptors (Lipinski definition) is 9. The molecule has 2 heterocycles. The Morgan fingerprint density at radius 3 is 2.75 bits per heavy atom. The van der Waals surface area contributed by atoms with Gasteiger partial charge in [-0.1, -0.05) is 0 Å². The number of ether oxygens (including phenoxy) is 2. The molecular formula is C20H35FN3O7P. The van der Waals surface area contributed by atoms with Crippen molar-refractivity contribution in [3.63, 3.8) is 0 Å². The van der Waals surface area contributed by atoms with E-state index in [0.717, 1.165) is 0 Å². The summed E-state index contributed by atoms with van der Waals surface area (Å²) in [6, 6.07) is -0.191. The van der Waals surface area contributed by atoms with Gasteiger partial charge in [0.05, 0.1) is 0 Å². The monoisotopic (exact) mass is 479 g/mol. The number of allylic oxidation sites excluding steroid dienone is 2. The zero-order valence-electron chi connectivity index (χ0n) is 19.3. The number of amides is 1. The number of aliphatic hydroxyl groups is 1. The molecular weight excluding hydrogens is 444 g/mol. The normalized spacial score (nSPS) is 33.8. The van der Waals surface area contributed by atoms with E-state index in [1.807, 2.05) is 0 Å². The van der Waals surface area contributed by atoms with Crippen molar-refractivity contribution in [3.05, 3.63) is 36.8 Å². The number of alkyl halides is 1. The van der Waals surface area contributed by atoms with E-state index >= 15 is 4.39 Å². The van der Waals surface area contributed by atoms with Gasteiger partial charge in [-0.3, -0.25) is 0 Å². The molecule has 1 unspecified atom stereocenters. The van der Waals surface area contributed by atoms with Gasteiger partial charge in [-0.05, 0) is 0 Å². The van der Waals surface area contributed by atoms with Gasteiger partial charge < -0.3 is 0 Å². The number of nitrogens with one attached hydrogen (secondary N) is 2. The van der Waals surface area contributed by atoms with E-state index in [0.29, 0.717) is 0 Å². The second-order valence-electron chi connectivity index (χ2n) is 8.28. The summed E-state index contributed by atoms with van der Waals surface area (Å²) in [6.07, 6.45) is 1.73. The predicted octanol–water partition coefficient (Wildman–Crippen LogP) is 1.59. The molecule has 0 saturated carbocycles. The van der Waals surface area contributed by atoms with Crippen LogP contribution in [-0.2, 0) is 23.3 Å². The Morgan fingerprint density at radius 2 is 2.19 bits per heavy atom. The fourth-order valence-corrected chi connectivity index (χ4v) is 5.24. The van der Waals surface area contributed by atoms with Crippen molar-refractivity contribution in [2.24, 2.45) is 0 Å². The standard InChI is InChI=1S/C20H35FN3O7P/c1-8-9-14(4)31-32(27,23-13(2)3)29-12-15-17(26)19(5,21)18(30-15)24-11-10-16(25)22-20(24,6)28-7/h8-11,13,15,17-18,23,26-27,32H,4,12H2,1-3,5-7H3,(H,22,25)/b9-8-/t15-,17-,18-,19-,20?/m1/s1. The first-order valence-electron chi connectivity index (χ1n) is 10.3. The molecule has 0 aromatic rings. The fraction of sp³-hybridized carbons (Fsp3) is 0.650. The molecule has 10 nitrogen and oxygen atoms in total. The topological polar surface area (TPSA) is 122 Å². The third kappa shape index (κ3) is 5.85. The van der Waals surface area contributed by atoms with Gasteiger partial charge >= 0.3 is 188 Å². The quantitative estimate of drug-likeness (QED) is 0.210. The van der Waals surface area contributed by atoms with Crippen LogP contribution in [0.4, 0.5) is 4.39 Å². The van der Waals surface area contributed by atoms with Crippen molar-refractivity contribution in [1.29, 1.82) is 0 Å². The Bertz CT molecular complexity index is 765. The molecule has 5 atom stereocenters. The summed E-state index contributed by atoms with van der Waals surface area (Å²) in [4.78, 5) is 24.0. The van der Waals surface area contributed by atoms with Gasteiger partial charge in [0.2, 0.25) is 0 Å². The average Bonchev–Trinajstić information content (AvgIpc) is 2.89. The molecule has 0 bridgehead atoms. The second-order valence-corrected chi connectivity index (χ2v) is 10.2. The van der Waals surface area contributed by atoms with Crippen LogP contribution < -0.4 is 10.4 Å². The summed E-state index contributed by atoms with van der Waals surface area (Å²) in [6.45, 7) is 11.4. The van der Waals surface area contributed by atoms with Crippen LogP contribution in [-0.4, -0.2) is 70.5 Å². The maximum atomic E-state index is 15.6. The summed E-state index contributed by atoms with van der Waals surface area (Å²) < 4.78 is 37.9. The van der Waals surface area contributed by atoms with E-state index in [-0.39, 0.29) is 18.4 Å². The van der Waals surface area contributed by atoms with E-state index in [1.165, 1.54) is 38.1 Å². The zero-order chi connectivity index (χ0) is 24.3. The third-order valence-electron chi connectivity index (χ3n) is 5.14. The minimum atomic E-state index is -3.99. The van der Waals surface area contributed by atoms with Crippen LogP contribution in [0.15, 0.2) is 36.8 Å². The maximum absolute atomic E-state index is 15.6. The minimum absolute atomic E-state index is 0.181. The molecule has 184 valence electrons. The SMILES string of the molecule is C=C(/C=C\C)O[PH](O)(NC(C)C)OC[C@H]1O[C@@H](N2C=CC(=O)NC2(C)OC)[C@](C)(F)[C@@H]1O. The number of halogens is 1. The third-order valence-corrected chi connectivity index (χ3v) is 7.18. The van der Waals surface area contributed by atoms with Crippen LogP contribution >= 0.6 is 8.09 Å². The van der Waals surface area contributed by atoms with E-state index in [4.69, 9.17) is 18.5 Å². The van der Waals surface area contributed by atoms with Gasteiger partial charge in [-0.25, -0.2) is 0 Å². The molecule has 2 aliphatic rings. The molecule has 0 radical (unpaired) electrons. The molecule has 2 aliphatic heterocycles. The average molecular weight is 479 g/mol. The summed E-state index contributed by atoms with van der Waals surface area (Å²) in [5, 5.41) is 16.1. The number of rotatable bonds is 10. The number of methoxy groups -OCH3 is 1. The number of carbonyl (C=O) groups is 1. The molecule has 4 N–H and O–H groups in total. The van der Waals surface area contributed by atoms with E-state index in [1.54, 1.807) is 32.9 Å². The van der Waals surface area contributed by atoms with Gasteiger partial charge in [-0.2, -0.15) is 0 Å². The van der Waals surface area contributed by atoms with Gasteiger partial charge in [0, 0.05) is 0 Å². The molecule has 0 spiro atoms. The Balaban J connectivity index is 2.20. The Hall–Kier alpha value is -1.59. The number of nitrogens with zero attached hydrogens (tertiary/aromatic N) is 1. The predicted molar refractivity (Wildman–Crippen MR) is 119 cm³/mol. The molecule has 1 saturated heterocycles. The van der Waals surface area contributed by atoms with Crippen molar-refractivity contribution < 1.29 is 37.7 Å². The van der Waals surface area contributed by atoms with Gasteiger partial charge in [0.25, 0.3) is 0 Å². The van der Waals surface area contributed by atoms with Gasteiger partial charge in [0.15, 0.2) is 0 Å². The summed E-state index contributed by atoms with van der Waals surface area (Å²) in [7, 11) is -2.63. The molecule has 0 aromatic heterocycles. The van der Waals surface area contributed by atoms with Crippen LogP contribution in [0.2, 0.25) is 0 Å². The first kappa shape index (κ1) is 26.7. The van der Waals surface area contributed by atoms with E-state index in [9.17, 15) is 14.8 Å². The van der Waals surface area contributed by atoms with Crippen molar-refractivity contribution in [2.75, 3.05) is 13.7 Å². The number of hydrogen-bond donors (Lipinski definition) is 4. The van der Waals surface area contributed by atoms with Crippen molar-refractivity contribution in [2.45, 2.75) is 70.6 Å². The summed E-state index contributed by atoms with van der Waals surface area (Å²) in [5.41, 5.74) is -2.26. The van der Waals surface area contributed by atoms with Crippen LogP contribution in [0, 0.1) is 0 Å². The van der Waals surface area contributed by atoms with Crippen molar-refractivity contribution >= 4 is 14.0 Å². The van der Waals surface area contributed by atoms with Gasteiger partial charge in [0.1, 0.15) is 0 Å². The Labute approximate surface area is 188 Å². The molecule has 2 rings (SSSR count). The van der Waals surface area contributed by atoms with Crippen LogP contribution in [0.3, 0.4) is 0 Å². The first-order chi connectivity index (χ1) is 14.8. The fourth-order valence-electron chi connectivity index (χ4n) is 3.49. The van der Waals surface area contributed by atoms with Crippen LogP contribution in [0.5, 0.6) is 0 Å². The summed E-state index contributed by atoms with van der Waals surface area (Å²) in [5.74, 6) is -1.64. The molecule has 12 heteroatoms. The number of aliphatic hydroxyl groups excluding tert-OH is 1. The molecule has 0 aromatic carbocycles. The Kier molecular flexibility index (Phi) is 8.44. The Morgan fingerprint density at radius 1 is 1.53 bits per heavy atom. The summed E-state index contributed by atoms with van der Waals surface area (Å²) >= 11 is 0. The molecule has 1 amide bonds.